The van der Waals surface area contributed by atoms with E-state index in [9.17, 15) is 9.90 Å². The van der Waals surface area contributed by atoms with Crippen molar-refractivity contribution in [2.75, 3.05) is 24.4 Å². The number of thiophene rings is 1. The first-order chi connectivity index (χ1) is 12.9. The summed E-state index contributed by atoms with van der Waals surface area (Å²) in [6, 6.07) is 8.93. The smallest absolute Gasteiger partial charge is 0.257 e. The van der Waals surface area contributed by atoms with Gasteiger partial charge in [-0.3, -0.25) is 9.80 Å². The molecule has 4 N–H and O–H groups in total. The first-order valence-corrected chi connectivity index (χ1v) is 9.63. The van der Waals surface area contributed by atoms with Gasteiger partial charge in [0.1, 0.15) is 5.69 Å². The predicted octanol–water partition coefficient (Wildman–Crippen LogP) is 2.94. The zero-order valence-electron chi connectivity index (χ0n) is 15.1. The van der Waals surface area contributed by atoms with Crippen LogP contribution in [0.1, 0.15) is 20.1 Å². The number of hydrogen-bond donors (Lipinski definition) is 3. The van der Waals surface area contributed by atoms with Crippen LogP contribution in [-0.4, -0.2) is 38.8 Å². The summed E-state index contributed by atoms with van der Waals surface area (Å²) < 4.78 is 8.47. The van der Waals surface area contributed by atoms with E-state index in [1.54, 1.807) is 43.6 Å². The fourth-order valence-corrected chi connectivity index (χ4v) is 3.81. The Balaban J connectivity index is 1.85. The van der Waals surface area contributed by atoms with Gasteiger partial charge in [0.15, 0.2) is 11.6 Å². The number of nitrogens with one attached hydrogen (secondary N) is 1. The first-order valence-electron chi connectivity index (χ1n) is 8.08. The molecule has 3 rings (SSSR count). The van der Waals surface area contributed by atoms with Crippen molar-refractivity contribution < 1.29 is 9.90 Å². The maximum atomic E-state index is 12.2. The van der Waals surface area contributed by atoms with Gasteiger partial charge in [-0.2, -0.15) is 8.75 Å². The van der Waals surface area contributed by atoms with Gasteiger partial charge in [-0.25, -0.2) is 5.84 Å². The summed E-state index contributed by atoms with van der Waals surface area (Å²) in [6.07, 6.45) is 0. The number of para-hydroxylation sites is 1. The Morgan fingerprint density at radius 3 is 2.70 bits per heavy atom. The van der Waals surface area contributed by atoms with E-state index in [0.29, 0.717) is 18.2 Å². The molecular weight excluding hydrogens is 384 g/mol. The second kappa shape index (κ2) is 7.91. The van der Waals surface area contributed by atoms with E-state index in [4.69, 9.17) is 5.84 Å². The lowest BCUT2D eigenvalue weighted by molar-refractivity contribution is 0.0824. The number of anilines is 3. The highest BCUT2D eigenvalue weighted by Gasteiger charge is 2.22. The van der Waals surface area contributed by atoms with Crippen LogP contribution in [0, 0.1) is 6.92 Å². The highest BCUT2D eigenvalue weighted by Crippen LogP contribution is 2.36. The second-order valence-corrected chi connectivity index (χ2v) is 7.95. The number of nitrogens with zero attached hydrogens (tertiary/aromatic N) is 4. The number of hydrogen-bond acceptors (Lipinski definition) is 9. The van der Waals surface area contributed by atoms with Crippen molar-refractivity contribution in [2.45, 2.75) is 13.5 Å². The number of phenols is 1. The van der Waals surface area contributed by atoms with E-state index in [1.807, 2.05) is 0 Å². The summed E-state index contributed by atoms with van der Waals surface area (Å²) in [5.74, 6) is 6.56. The highest BCUT2D eigenvalue weighted by atomic mass is 32.1. The summed E-state index contributed by atoms with van der Waals surface area (Å²) in [7, 11) is 3.24. The lowest BCUT2D eigenvalue weighted by atomic mass is 10.1. The number of nitrogens with two attached hydrogens (primary N) is 1. The molecule has 142 valence electrons. The Morgan fingerprint density at radius 2 is 2.04 bits per heavy atom. The van der Waals surface area contributed by atoms with E-state index in [-0.39, 0.29) is 22.9 Å². The number of aryl methyl sites for hydroxylation is 1. The summed E-state index contributed by atoms with van der Waals surface area (Å²) in [6.45, 7) is 2.65. The lowest BCUT2D eigenvalue weighted by Crippen LogP contribution is -2.27. The quantitative estimate of drug-likeness (QED) is 0.428. The van der Waals surface area contributed by atoms with Crippen molar-refractivity contribution in [3.05, 3.63) is 45.6 Å². The zero-order valence-corrected chi connectivity index (χ0v) is 16.8. The van der Waals surface area contributed by atoms with Crippen molar-refractivity contribution in [1.82, 2.24) is 13.6 Å². The Kier molecular flexibility index (Phi) is 5.59. The van der Waals surface area contributed by atoms with Crippen LogP contribution in [0.15, 0.2) is 30.3 Å². The molecule has 0 saturated carbocycles. The van der Waals surface area contributed by atoms with E-state index in [2.05, 4.69) is 33.1 Å². The van der Waals surface area contributed by atoms with Crippen molar-refractivity contribution in [3.63, 3.8) is 0 Å². The van der Waals surface area contributed by atoms with Crippen LogP contribution in [0.25, 0.3) is 0 Å². The van der Waals surface area contributed by atoms with E-state index < -0.39 is 0 Å². The summed E-state index contributed by atoms with van der Waals surface area (Å²) in [5.41, 5.74) is 0.435. The number of aromatic nitrogens is 2. The lowest BCUT2D eigenvalue weighted by Gasteiger charge is -2.20. The molecule has 0 fully saturated rings. The summed E-state index contributed by atoms with van der Waals surface area (Å²) in [4.78, 5) is 16.0. The van der Waals surface area contributed by atoms with Crippen LogP contribution in [0.2, 0.25) is 0 Å². The average molecular weight is 405 g/mol. The molecule has 0 bridgehead atoms. The Hall–Kier alpha value is -2.69. The summed E-state index contributed by atoms with van der Waals surface area (Å²) >= 11 is 2.71. The molecule has 0 radical (unpaired) electrons. The normalized spacial score (nSPS) is 10.7. The minimum Gasteiger partial charge on any atom is -0.505 e. The minimum atomic E-state index is -0.314. The van der Waals surface area contributed by atoms with E-state index >= 15 is 0 Å². The van der Waals surface area contributed by atoms with Gasteiger partial charge in [-0.1, -0.05) is 6.07 Å². The molecule has 0 unspecified atom stereocenters. The fourth-order valence-electron chi connectivity index (χ4n) is 2.46. The molecule has 3 aromatic rings. The monoisotopic (exact) mass is 404 g/mol. The van der Waals surface area contributed by atoms with Crippen molar-refractivity contribution >= 4 is 46.3 Å². The van der Waals surface area contributed by atoms with E-state index in [1.165, 1.54) is 14.8 Å². The number of benzene rings is 1. The standard InChI is InChI=1S/C17H20N6O2S2/c1-10-7-8-11(26-10)9-19-15-16(21-27-20-15)23(18)13-6-4-5-12(14(13)24)17(25)22(2)3/h4-8,24H,9,18H2,1-3H3,(H,19,20). The highest BCUT2D eigenvalue weighted by molar-refractivity contribution is 7.11. The molecule has 0 saturated heterocycles. The van der Waals surface area contributed by atoms with Gasteiger partial charge < -0.3 is 15.3 Å². The van der Waals surface area contributed by atoms with E-state index in [0.717, 1.165) is 16.6 Å². The Morgan fingerprint density at radius 1 is 1.26 bits per heavy atom. The molecule has 0 atom stereocenters. The molecule has 0 spiro atoms. The van der Waals surface area contributed by atoms with Gasteiger partial charge in [-0.05, 0) is 31.2 Å². The van der Waals surface area contributed by atoms with Crippen molar-refractivity contribution in [2.24, 2.45) is 5.84 Å². The maximum Gasteiger partial charge on any atom is 0.257 e. The molecule has 8 nitrogen and oxygen atoms in total. The van der Waals surface area contributed by atoms with Crippen LogP contribution in [0.3, 0.4) is 0 Å². The molecule has 27 heavy (non-hydrogen) atoms. The molecule has 0 aliphatic carbocycles. The van der Waals surface area contributed by atoms with Gasteiger partial charge in [0, 0.05) is 23.8 Å². The third kappa shape index (κ3) is 4.02. The number of hydrazine groups is 1. The summed E-state index contributed by atoms with van der Waals surface area (Å²) in [5, 5.41) is 15.0. The van der Waals surface area contributed by atoms with Crippen molar-refractivity contribution in [3.8, 4) is 5.75 Å². The number of phenolic OH excluding ortho intramolecular Hbond substituents is 1. The molecular formula is C17H20N6O2S2. The third-order valence-electron chi connectivity index (χ3n) is 3.84. The van der Waals surface area contributed by atoms with Gasteiger partial charge in [-0.15, -0.1) is 11.3 Å². The SMILES string of the molecule is Cc1ccc(CNc2nsnc2N(N)c2cccc(C(=O)N(C)C)c2O)s1. The Bertz CT molecular complexity index is 953. The van der Waals surface area contributed by atoms with Crippen LogP contribution < -0.4 is 16.2 Å². The van der Waals surface area contributed by atoms with Gasteiger partial charge >= 0.3 is 0 Å². The largest absolute Gasteiger partial charge is 0.505 e. The third-order valence-corrected chi connectivity index (χ3v) is 5.36. The number of aromatic hydroxyl groups is 1. The van der Waals surface area contributed by atoms with Crippen molar-refractivity contribution in [1.29, 1.82) is 0 Å². The van der Waals surface area contributed by atoms with Gasteiger partial charge in [0.2, 0.25) is 5.82 Å². The molecule has 0 aliphatic heterocycles. The van der Waals surface area contributed by atoms with Gasteiger partial charge in [0.25, 0.3) is 5.91 Å². The number of rotatable bonds is 6. The molecule has 1 amide bonds. The Labute approximate surface area is 165 Å². The predicted molar refractivity (Wildman–Crippen MR) is 109 cm³/mol. The molecule has 10 heteroatoms. The topological polar surface area (TPSA) is 108 Å². The molecule has 2 heterocycles. The average Bonchev–Trinajstić information content (AvgIpc) is 3.27. The maximum absolute atomic E-state index is 12.2. The van der Waals surface area contributed by atoms with Crippen LogP contribution in [0.4, 0.5) is 17.3 Å². The second-order valence-electron chi connectivity index (χ2n) is 6.05. The number of amides is 1. The molecule has 0 aliphatic rings. The minimum absolute atomic E-state index is 0.166. The fraction of sp³-hybridized carbons (Fsp3) is 0.235. The van der Waals surface area contributed by atoms with Crippen LogP contribution in [0.5, 0.6) is 5.75 Å². The van der Waals surface area contributed by atoms with Crippen LogP contribution >= 0.6 is 23.1 Å². The zero-order chi connectivity index (χ0) is 19.6. The first kappa shape index (κ1) is 19.1. The van der Waals surface area contributed by atoms with Gasteiger partial charge in [0.05, 0.1) is 23.8 Å². The molecule has 1 aromatic carbocycles. The number of carbonyl (C=O) groups excluding carboxylic acids is 1. The van der Waals surface area contributed by atoms with Crippen LogP contribution in [-0.2, 0) is 6.54 Å². The number of carbonyl (C=O) groups is 1. The molecule has 2 aromatic heterocycles.